The van der Waals surface area contributed by atoms with Crippen LogP contribution in [0.1, 0.15) is 71.6 Å². The Morgan fingerprint density at radius 2 is 1.94 bits per heavy atom. The molecule has 1 aliphatic carbocycles. The minimum Gasteiger partial charge on any atom is -0.314 e. The molecule has 0 bridgehead atoms. The lowest BCUT2D eigenvalue weighted by Gasteiger charge is -2.35. The molecule has 1 unspecified atom stereocenters. The largest absolute Gasteiger partial charge is 0.314 e. The molecule has 100 valence electrons. The van der Waals surface area contributed by atoms with Gasteiger partial charge < -0.3 is 5.32 Å². The van der Waals surface area contributed by atoms with Crippen molar-refractivity contribution >= 4 is 0 Å². The van der Waals surface area contributed by atoms with E-state index in [1.165, 1.54) is 57.8 Å². The van der Waals surface area contributed by atoms with Crippen LogP contribution in [0.15, 0.2) is 12.7 Å². The van der Waals surface area contributed by atoms with Crippen LogP contribution < -0.4 is 5.32 Å². The zero-order valence-electron chi connectivity index (χ0n) is 11.9. The van der Waals surface area contributed by atoms with Gasteiger partial charge in [0.05, 0.1) is 0 Å². The highest BCUT2D eigenvalue weighted by atomic mass is 14.9. The quantitative estimate of drug-likeness (QED) is 0.453. The Labute approximate surface area is 108 Å². The molecule has 1 N–H and O–H groups in total. The first-order chi connectivity index (χ1) is 8.23. The van der Waals surface area contributed by atoms with Crippen LogP contribution in [0.5, 0.6) is 0 Å². The lowest BCUT2D eigenvalue weighted by atomic mass is 9.78. The van der Waals surface area contributed by atoms with E-state index in [4.69, 9.17) is 0 Å². The first kappa shape index (κ1) is 14.8. The molecule has 1 saturated carbocycles. The van der Waals surface area contributed by atoms with Gasteiger partial charge in [-0.25, -0.2) is 0 Å². The van der Waals surface area contributed by atoms with Gasteiger partial charge in [0.1, 0.15) is 0 Å². The van der Waals surface area contributed by atoms with E-state index in [0.717, 1.165) is 12.6 Å². The van der Waals surface area contributed by atoms with E-state index in [9.17, 15) is 0 Å². The molecule has 0 aromatic rings. The van der Waals surface area contributed by atoms with Crippen LogP contribution in [0.25, 0.3) is 0 Å². The Kier molecular flexibility index (Phi) is 6.87. The topological polar surface area (TPSA) is 12.0 Å². The summed E-state index contributed by atoms with van der Waals surface area (Å²) >= 11 is 0. The third kappa shape index (κ3) is 4.83. The summed E-state index contributed by atoms with van der Waals surface area (Å²) in [4.78, 5) is 0. The Hall–Kier alpha value is -0.300. The van der Waals surface area contributed by atoms with Crippen LogP contribution in [-0.2, 0) is 0 Å². The zero-order valence-corrected chi connectivity index (χ0v) is 11.9. The summed E-state index contributed by atoms with van der Waals surface area (Å²) in [7, 11) is 0. The minimum absolute atomic E-state index is 0.578. The van der Waals surface area contributed by atoms with Gasteiger partial charge in [-0.15, -0.1) is 6.58 Å². The smallest absolute Gasteiger partial charge is 0.0121 e. The Morgan fingerprint density at radius 3 is 2.53 bits per heavy atom. The van der Waals surface area contributed by atoms with Crippen molar-refractivity contribution in [2.75, 3.05) is 6.54 Å². The standard InChI is InChI=1S/C16H31N/c1-4-6-7-8-9-12-15(17-5-2)16(3)13-10-11-14-16/h4,15,17H,1,5-14H2,2-3H3. The molecule has 0 aliphatic heterocycles. The summed E-state index contributed by atoms with van der Waals surface area (Å²) in [6.07, 6.45) is 14.4. The van der Waals surface area contributed by atoms with Gasteiger partial charge in [0.15, 0.2) is 0 Å². The molecule has 0 aromatic heterocycles. The highest BCUT2D eigenvalue weighted by molar-refractivity contribution is 4.91. The lowest BCUT2D eigenvalue weighted by molar-refractivity contribution is 0.208. The van der Waals surface area contributed by atoms with E-state index in [1.54, 1.807) is 0 Å². The number of hydrogen-bond donors (Lipinski definition) is 1. The van der Waals surface area contributed by atoms with Crippen LogP contribution in [-0.4, -0.2) is 12.6 Å². The summed E-state index contributed by atoms with van der Waals surface area (Å²) in [6, 6.07) is 0.749. The first-order valence-corrected chi connectivity index (χ1v) is 7.57. The van der Waals surface area contributed by atoms with Gasteiger partial charge in [0.2, 0.25) is 0 Å². The van der Waals surface area contributed by atoms with Gasteiger partial charge >= 0.3 is 0 Å². The number of nitrogens with one attached hydrogen (secondary N) is 1. The van der Waals surface area contributed by atoms with Crippen molar-refractivity contribution in [2.24, 2.45) is 5.41 Å². The predicted molar refractivity (Wildman–Crippen MR) is 77.3 cm³/mol. The van der Waals surface area contributed by atoms with Crippen LogP contribution in [0.3, 0.4) is 0 Å². The SMILES string of the molecule is C=CCCCCCC(NCC)C1(C)CCCC1. The number of unbranched alkanes of at least 4 members (excludes halogenated alkanes) is 3. The molecule has 1 heteroatoms. The maximum atomic E-state index is 3.78. The molecule has 1 atom stereocenters. The average molecular weight is 237 g/mol. The second-order valence-corrected chi connectivity index (χ2v) is 5.90. The van der Waals surface area contributed by atoms with Crippen molar-refractivity contribution in [1.29, 1.82) is 0 Å². The van der Waals surface area contributed by atoms with Crippen LogP contribution in [0, 0.1) is 5.41 Å². The van der Waals surface area contributed by atoms with Gasteiger partial charge in [0.25, 0.3) is 0 Å². The van der Waals surface area contributed by atoms with Crippen molar-refractivity contribution in [3.8, 4) is 0 Å². The number of allylic oxidation sites excluding steroid dienone is 1. The molecule has 0 radical (unpaired) electrons. The third-order valence-electron chi connectivity index (χ3n) is 4.44. The first-order valence-electron chi connectivity index (χ1n) is 7.57. The van der Waals surface area contributed by atoms with E-state index in [0.29, 0.717) is 5.41 Å². The van der Waals surface area contributed by atoms with Crippen LogP contribution >= 0.6 is 0 Å². The molecule has 1 rings (SSSR count). The summed E-state index contributed by atoms with van der Waals surface area (Å²) in [5.41, 5.74) is 0.578. The zero-order chi connectivity index (χ0) is 12.6. The fourth-order valence-electron chi connectivity index (χ4n) is 3.29. The van der Waals surface area contributed by atoms with Crippen LogP contribution in [0.4, 0.5) is 0 Å². The second kappa shape index (κ2) is 7.92. The van der Waals surface area contributed by atoms with Gasteiger partial charge in [-0.2, -0.15) is 0 Å². The lowest BCUT2D eigenvalue weighted by Crippen LogP contribution is -2.42. The summed E-state index contributed by atoms with van der Waals surface area (Å²) in [5, 5.41) is 3.74. The van der Waals surface area contributed by atoms with Gasteiger partial charge in [-0.3, -0.25) is 0 Å². The van der Waals surface area contributed by atoms with Gasteiger partial charge in [-0.05, 0) is 44.1 Å². The number of hydrogen-bond acceptors (Lipinski definition) is 1. The van der Waals surface area contributed by atoms with Crippen molar-refractivity contribution in [1.82, 2.24) is 5.32 Å². The van der Waals surface area contributed by atoms with E-state index in [1.807, 2.05) is 6.08 Å². The summed E-state index contributed by atoms with van der Waals surface area (Å²) in [5.74, 6) is 0. The Morgan fingerprint density at radius 1 is 1.24 bits per heavy atom. The molecule has 0 spiro atoms. The van der Waals surface area contributed by atoms with Crippen molar-refractivity contribution in [3.63, 3.8) is 0 Å². The molecule has 1 aliphatic rings. The Bertz CT molecular complexity index is 204. The van der Waals surface area contributed by atoms with Crippen LogP contribution in [0.2, 0.25) is 0 Å². The van der Waals surface area contributed by atoms with Crippen molar-refractivity contribution < 1.29 is 0 Å². The van der Waals surface area contributed by atoms with Gasteiger partial charge in [-0.1, -0.05) is 45.6 Å². The molecule has 1 nitrogen and oxygen atoms in total. The maximum absolute atomic E-state index is 3.78. The molecule has 0 aromatic carbocycles. The van der Waals surface area contributed by atoms with Crippen molar-refractivity contribution in [2.45, 2.75) is 77.7 Å². The summed E-state index contributed by atoms with van der Waals surface area (Å²) < 4.78 is 0. The number of rotatable bonds is 9. The van der Waals surface area contributed by atoms with E-state index in [-0.39, 0.29) is 0 Å². The molecule has 17 heavy (non-hydrogen) atoms. The molecule has 0 saturated heterocycles. The van der Waals surface area contributed by atoms with Crippen molar-refractivity contribution in [3.05, 3.63) is 12.7 Å². The molecular formula is C16H31N. The fraction of sp³-hybridized carbons (Fsp3) is 0.875. The molecule has 0 heterocycles. The average Bonchev–Trinajstić information content (AvgIpc) is 2.76. The van der Waals surface area contributed by atoms with E-state index >= 15 is 0 Å². The maximum Gasteiger partial charge on any atom is 0.0121 e. The fourth-order valence-corrected chi connectivity index (χ4v) is 3.29. The van der Waals surface area contributed by atoms with Gasteiger partial charge in [0, 0.05) is 6.04 Å². The second-order valence-electron chi connectivity index (χ2n) is 5.90. The normalized spacial score (nSPS) is 20.4. The monoisotopic (exact) mass is 237 g/mol. The molecular weight excluding hydrogens is 206 g/mol. The Balaban J connectivity index is 2.29. The van der Waals surface area contributed by atoms with E-state index < -0.39 is 0 Å². The third-order valence-corrected chi connectivity index (χ3v) is 4.44. The summed E-state index contributed by atoms with van der Waals surface area (Å²) in [6.45, 7) is 9.64. The highest BCUT2D eigenvalue weighted by Gasteiger charge is 2.35. The highest BCUT2D eigenvalue weighted by Crippen LogP contribution is 2.42. The molecule has 1 fully saturated rings. The predicted octanol–water partition coefficient (Wildman–Crippen LogP) is 4.68. The van der Waals surface area contributed by atoms with E-state index in [2.05, 4.69) is 25.7 Å². The minimum atomic E-state index is 0.578. The molecule has 0 amide bonds.